The Labute approximate surface area is 613 Å². The molecule has 0 aliphatic heterocycles. The maximum atomic E-state index is 13.1. The van der Waals surface area contributed by atoms with Gasteiger partial charge in [-0.15, -0.1) is 0 Å². The van der Waals surface area contributed by atoms with Crippen LogP contribution in [0.2, 0.25) is 0 Å². The van der Waals surface area contributed by atoms with Crippen molar-refractivity contribution in [2.24, 2.45) is 23.7 Å². The Bertz CT molecular complexity index is 1960. The van der Waals surface area contributed by atoms with Crippen LogP contribution in [-0.2, 0) is 65.4 Å². The van der Waals surface area contributed by atoms with Gasteiger partial charge in [0.05, 0.1) is 26.4 Å². The molecule has 0 aromatic rings. The van der Waals surface area contributed by atoms with Crippen LogP contribution in [0.1, 0.15) is 415 Å². The summed E-state index contributed by atoms with van der Waals surface area (Å²) >= 11 is 0. The number of hydrogen-bond acceptors (Lipinski definition) is 15. The normalized spacial score (nSPS) is 14.6. The Kier molecular flexibility index (Phi) is 68.7. The molecule has 0 saturated heterocycles. The van der Waals surface area contributed by atoms with Gasteiger partial charge < -0.3 is 33.8 Å². The molecule has 0 amide bonds. The summed E-state index contributed by atoms with van der Waals surface area (Å²) in [6.07, 6.45) is 56.8. The van der Waals surface area contributed by atoms with E-state index in [1.807, 2.05) is 0 Å². The van der Waals surface area contributed by atoms with E-state index >= 15 is 0 Å². The van der Waals surface area contributed by atoms with E-state index in [4.69, 9.17) is 37.0 Å². The van der Waals surface area contributed by atoms with E-state index in [-0.39, 0.29) is 25.7 Å². The monoisotopic (exact) mass is 1470 g/mol. The third kappa shape index (κ3) is 71.7. The van der Waals surface area contributed by atoms with Crippen LogP contribution in [0.5, 0.6) is 0 Å². The molecule has 100 heavy (non-hydrogen) atoms. The van der Waals surface area contributed by atoms with Gasteiger partial charge in [0.15, 0.2) is 12.2 Å². The lowest BCUT2D eigenvalue weighted by molar-refractivity contribution is -0.161. The molecule has 0 aliphatic rings. The molecule has 0 spiro atoms. The summed E-state index contributed by atoms with van der Waals surface area (Å²) in [6, 6.07) is 0. The minimum absolute atomic E-state index is 0.106. The Morgan fingerprint density at radius 3 is 0.710 bits per heavy atom. The van der Waals surface area contributed by atoms with Gasteiger partial charge in [0.1, 0.15) is 19.3 Å². The van der Waals surface area contributed by atoms with Crippen molar-refractivity contribution >= 4 is 39.5 Å². The molecular weight excluding hydrogens is 1310 g/mol. The molecule has 17 nitrogen and oxygen atoms in total. The van der Waals surface area contributed by atoms with Gasteiger partial charge in [-0.1, -0.05) is 364 Å². The summed E-state index contributed by atoms with van der Waals surface area (Å²) < 4.78 is 68.7. The van der Waals surface area contributed by atoms with Gasteiger partial charge in [0.25, 0.3) is 0 Å². The van der Waals surface area contributed by atoms with Gasteiger partial charge in [-0.05, 0) is 49.4 Å². The number of aliphatic hydroxyl groups excluding tert-OH is 1. The maximum absolute atomic E-state index is 13.1. The first-order chi connectivity index (χ1) is 48.2. The van der Waals surface area contributed by atoms with Crippen molar-refractivity contribution in [2.75, 3.05) is 39.6 Å². The third-order valence-electron chi connectivity index (χ3n) is 19.5. The standard InChI is InChI=1S/C81H158O17P2/c1-9-73(7)59-51-43-35-29-25-26-30-36-45-53-61-78(83)91-67-76(97-80(85)63-55-47-37-31-23-19-15-11-13-17-21-27-33-41-49-57-71(3)4)69-95-99(87,88)93-65-75(82)66-94-100(89,90)96-70-77(68-92-79(84)62-54-46-40-39-44-52-60-74(8)10-2)98-81(86)64-56-48-38-32-24-20-16-12-14-18-22-28-34-42-50-58-72(5)6/h71-77,82H,9-70H2,1-8H3,(H,87,88)(H,89,90)/t73?,74?,75-,76-,77-/m1/s1. The number of rotatable bonds is 78. The van der Waals surface area contributed by atoms with Crippen molar-refractivity contribution in [1.82, 2.24) is 0 Å². The van der Waals surface area contributed by atoms with Crippen molar-refractivity contribution in [3.63, 3.8) is 0 Å². The van der Waals surface area contributed by atoms with Crippen molar-refractivity contribution in [1.29, 1.82) is 0 Å². The van der Waals surface area contributed by atoms with Gasteiger partial charge in [-0.2, -0.15) is 0 Å². The molecule has 0 aliphatic carbocycles. The molecular formula is C81H158O17P2. The lowest BCUT2D eigenvalue weighted by Gasteiger charge is -2.21. The van der Waals surface area contributed by atoms with Crippen LogP contribution < -0.4 is 0 Å². The number of aliphatic hydroxyl groups is 1. The first-order valence-corrected chi connectivity index (χ1v) is 44.8. The highest BCUT2D eigenvalue weighted by molar-refractivity contribution is 7.47. The number of ether oxygens (including phenoxy) is 4. The number of phosphoric ester groups is 2. The lowest BCUT2D eigenvalue weighted by Crippen LogP contribution is -2.30. The van der Waals surface area contributed by atoms with Crippen LogP contribution in [0.3, 0.4) is 0 Å². The predicted octanol–water partition coefficient (Wildman–Crippen LogP) is 24.0. The zero-order valence-corrected chi connectivity index (χ0v) is 67.6. The van der Waals surface area contributed by atoms with Crippen molar-refractivity contribution in [3.8, 4) is 0 Å². The number of phosphoric acid groups is 2. The number of hydrogen-bond donors (Lipinski definition) is 3. The Balaban J connectivity index is 5.24. The van der Waals surface area contributed by atoms with Crippen LogP contribution in [0.25, 0.3) is 0 Å². The topological polar surface area (TPSA) is 237 Å². The summed E-state index contributed by atoms with van der Waals surface area (Å²) in [5.74, 6) is 1.03. The smallest absolute Gasteiger partial charge is 0.462 e. The summed E-state index contributed by atoms with van der Waals surface area (Å²) in [6.45, 7) is 14.3. The SMILES string of the molecule is CCC(C)CCCCCCCCCCCCC(=O)OC[C@H](COP(=O)(O)OC[C@@H](O)COP(=O)(O)OC[C@@H](COC(=O)CCCCCCCCC(C)CC)OC(=O)CCCCCCCCCCCCCCCCCC(C)C)OC(=O)CCCCCCCCCCCCCCCCCC(C)C. The van der Waals surface area contributed by atoms with Gasteiger partial charge in [-0.3, -0.25) is 37.3 Å². The molecule has 7 atom stereocenters. The van der Waals surface area contributed by atoms with Gasteiger partial charge >= 0.3 is 39.5 Å². The fourth-order valence-corrected chi connectivity index (χ4v) is 13.9. The quantitative estimate of drug-likeness (QED) is 0.0222. The van der Waals surface area contributed by atoms with Gasteiger partial charge in [0.2, 0.25) is 0 Å². The largest absolute Gasteiger partial charge is 0.472 e. The first kappa shape index (κ1) is 98.1. The molecule has 594 valence electrons. The highest BCUT2D eigenvalue weighted by Crippen LogP contribution is 2.45. The van der Waals surface area contributed by atoms with Gasteiger partial charge in [-0.25, -0.2) is 9.13 Å². The van der Waals surface area contributed by atoms with Crippen molar-refractivity contribution < 1.29 is 80.2 Å². The number of esters is 4. The Morgan fingerprint density at radius 2 is 0.480 bits per heavy atom. The van der Waals surface area contributed by atoms with E-state index in [0.717, 1.165) is 120 Å². The summed E-state index contributed by atoms with van der Waals surface area (Å²) in [4.78, 5) is 73.0. The van der Waals surface area contributed by atoms with Crippen LogP contribution in [0.4, 0.5) is 0 Å². The predicted molar refractivity (Wildman–Crippen MR) is 409 cm³/mol. The van der Waals surface area contributed by atoms with E-state index in [2.05, 4.69) is 55.4 Å². The minimum Gasteiger partial charge on any atom is -0.462 e. The molecule has 0 fully saturated rings. The van der Waals surface area contributed by atoms with Crippen molar-refractivity contribution in [2.45, 2.75) is 433 Å². The summed E-state index contributed by atoms with van der Waals surface area (Å²) in [7, 11) is -9.92. The molecule has 0 rings (SSSR count). The second kappa shape index (κ2) is 70.1. The molecule has 3 N–H and O–H groups in total. The average molecular weight is 1470 g/mol. The second-order valence-corrected chi connectivity index (χ2v) is 33.5. The zero-order valence-electron chi connectivity index (χ0n) is 65.8. The number of carbonyl (C=O) groups excluding carboxylic acids is 4. The average Bonchev–Trinajstić information content (AvgIpc) is 0.965. The van der Waals surface area contributed by atoms with Crippen LogP contribution in [0, 0.1) is 23.7 Å². The lowest BCUT2D eigenvalue weighted by atomic mass is 9.99. The summed E-state index contributed by atoms with van der Waals surface area (Å²) in [5, 5.41) is 10.6. The van der Waals surface area contributed by atoms with E-state index in [1.165, 1.54) is 212 Å². The summed E-state index contributed by atoms with van der Waals surface area (Å²) in [5.41, 5.74) is 0. The second-order valence-electron chi connectivity index (χ2n) is 30.6. The molecule has 0 aromatic heterocycles. The molecule has 0 radical (unpaired) electrons. The molecule has 0 saturated carbocycles. The van der Waals surface area contributed by atoms with Crippen LogP contribution >= 0.6 is 15.6 Å². The fraction of sp³-hybridized carbons (Fsp3) is 0.951. The minimum atomic E-state index is -4.96. The van der Waals surface area contributed by atoms with E-state index in [9.17, 15) is 43.2 Å². The number of unbranched alkanes of at least 4 members (excludes halogenated alkanes) is 42. The van der Waals surface area contributed by atoms with E-state index in [1.54, 1.807) is 0 Å². The molecule has 4 unspecified atom stereocenters. The Morgan fingerprint density at radius 1 is 0.280 bits per heavy atom. The number of carbonyl (C=O) groups is 4. The molecule has 0 heterocycles. The van der Waals surface area contributed by atoms with Crippen molar-refractivity contribution in [3.05, 3.63) is 0 Å². The third-order valence-corrected chi connectivity index (χ3v) is 21.4. The zero-order chi connectivity index (χ0) is 73.8. The fourth-order valence-electron chi connectivity index (χ4n) is 12.4. The van der Waals surface area contributed by atoms with E-state index < -0.39 is 97.5 Å². The molecule has 19 heteroatoms. The van der Waals surface area contributed by atoms with Crippen LogP contribution in [-0.4, -0.2) is 96.7 Å². The van der Waals surface area contributed by atoms with E-state index in [0.29, 0.717) is 25.7 Å². The maximum Gasteiger partial charge on any atom is 0.472 e. The van der Waals surface area contributed by atoms with Gasteiger partial charge in [0, 0.05) is 25.7 Å². The van der Waals surface area contributed by atoms with Crippen LogP contribution in [0.15, 0.2) is 0 Å². The highest BCUT2D eigenvalue weighted by Gasteiger charge is 2.30. The highest BCUT2D eigenvalue weighted by atomic mass is 31.2. The molecule has 0 bridgehead atoms. The molecule has 0 aromatic carbocycles. The first-order valence-electron chi connectivity index (χ1n) is 41.8. The Hall–Kier alpha value is -1.94.